The average molecular weight is 473 g/mol. The van der Waals surface area contributed by atoms with Crippen molar-refractivity contribution in [2.24, 2.45) is 5.73 Å². The van der Waals surface area contributed by atoms with E-state index in [0.717, 1.165) is 0 Å². The van der Waals surface area contributed by atoms with Gasteiger partial charge in [-0.1, -0.05) is 35.3 Å². The van der Waals surface area contributed by atoms with Gasteiger partial charge < -0.3 is 19.9 Å². The molecule has 3 rings (SSSR count). The molecular formula is C23H18Cl2N2O5. The monoisotopic (exact) mass is 472 g/mol. The fourth-order valence-electron chi connectivity index (χ4n) is 3.23. The molecule has 9 heteroatoms. The van der Waals surface area contributed by atoms with Crippen molar-refractivity contribution in [3.8, 4) is 11.8 Å². The molecule has 0 amide bonds. The number of nitriles is 1. The molecule has 0 bridgehead atoms. The molecule has 0 aliphatic carbocycles. The van der Waals surface area contributed by atoms with Crippen molar-refractivity contribution >= 4 is 35.1 Å². The zero-order valence-electron chi connectivity index (χ0n) is 17.1. The van der Waals surface area contributed by atoms with Crippen LogP contribution in [-0.4, -0.2) is 18.5 Å². The Balaban J connectivity index is 1.91. The summed E-state index contributed by atoms with van der Waals surface area (Å²) in [5.41, 5.74) is 6.87. The van der Waals surface area contributed by atoms with Gasteiger partial charge in [-0.05, 0) is 49.7 Å². The van der Waals surface area contributed by atoms with Crippen LogP contribution in [0, 0.1) is 11.3 Å². The first-order chi connectivity index (χ1) is 15.3. The first-order valence-corrected chi connectivity index (χ1v) is 10.2. The molecule has 1 atom stereocenters. The summed E-state index contributed by atoms with van der Waals surface area (Å²) in [6, 6.07) is 12.8. The molecule has 32 heavy (non-hydrogen) atoms. The highest BCUT2D eigenvalue weighted by Crippen LogP contribution is 2.40. The van der Waals surface area contributed by atoms with E-state index in [0.29, 0.717) is 10.6 Å². The summed E-state index contributed by atoms with van der Waals surface area (Å²) in [6.07, 6.45) is 0. The van der Waals surface area contributed by atoms with Gasteiger partial charge >= 0.3 is 11.9 Å². The van der Waals surface area contributed by atoms with E-state index < -0.39 is 17.9 Å². The normalized spacial score (nSPS) is 15.7. The van der Waals surface area contributed by atoms with E-state index in [4.69, 9.17) is 43.1 Å². The van der Waals surface area contributed by atoms with Gasteiger partial charge in [0.2, 0.25) is 5.88 Å². The van der Waals surface area contributed by atoms with Crippen LogP contribution in [0.3, 0.4) is 0 Å². The number of rotatable bonds is 5. The third-order valence-corrected chi connectivity index (χ3v) is 5.22. The molecule has 0 saturated carbocycles. The van der Waals surface area contributed by atoms with Gasteiger partial charge in [0, 0.05) is 5.02 Å². The lowest BCUT2D eigenvalue weighted by Gasteiger charge is -2.26. The number of carbonyl (C=O) groups excluding carboxylic acids is 2. The smallest absolute Gasteiger partial charge is 0.345 e. The summed E-state index contributed by atoms with van der Waals surface area (Å²) in [6.45, 7) is 3.41. The highest BCUT2D eigenvalue weighted by Gasteiger charge is 2.36. The van der Waals surface area contributed by atoms with E-state index in [1.165, 1.54) is 30.3 Å². The maximum Gasteiger partial charge on any atom is 0.345 e. The van der Waals surface area contributed by atoms with Crippen molar-refractivity contribution < 1.29 is 23.8 Å². The molecule has 0 fully saturated rings. The van der Waals surface area contributed by atoms with Gasteiger partial charge in [-0.2, -0.15) is 5.26 Å². The lowest BCUT2D eigenvalue weighted by molar-refractivity contribution is -0.139. The Morgan fingerprint density at radius 3 is 2.44 bits per heavy atom. The minimum atomic E-state index is -0.789. The Labute approximate surface area is 194 Å². The molecule has 0 aromatic heterocycles. The number of benzene rings is 2. The number of ether oxygens (including phenoxy) is 3. The number of halogens is 2. The van der Waals surface area contributed by atoms with Gasteiger partial charge in [0.25, 0.3) is 0 Å². The van der Waals surface area contributed by atoms with Gasteiger partial charge in [0.15, 0.2) is 0 Å². The molecule has 2 aromatic carbocycles. The minimum Gasteiger partial charge on any atom is -0.463 e. The summed E-state index contributed by atoms with van der Waals surface area (Å²) in [4.78, 5) is 25.0. The number of nitrogens with two attached hydrogens (primary N) is 1. The van der Waals surface area contributed by atoms with Crippen molar-refractivity contribution in [1.29, 1.82) is 5.26 Å². The molecule has 1 aliphatic heterocycles. The largest absolute Gasteiger partial charge is 0.463 e. The average Bonchev–Trinajstić information content (AvgIpc) is 2.73. The molecule has 2 N–H and O–H groups in total. The first kappa shape index (κ1) is 23.2. The summed E-state index contributed by atoms with van der Waals surface area (Å²) in [5, 5.41) is 10.2. The predicted molar refractivity (Wildman–Crippen MR) is 118 cm³/mol. The summed E-state index contributed by atoms with van der Waals surface area (Å²) in [5.74, 6) is -1.65. The maximum absolute atomic E-state index is 12.6. The van der Waals surface area contributed by atoms with Gasteiger partial charge in [-0.3, -0.25) is 0 Å². The van der Waals surface area contributed by atoms with Crippen molar-refractivity contribution in [2.75, 3.05) is 6.61 Å². The van der Waals surface area contributed by atoms with Crippen LogP contribution in [0.2, 0.25) is 10.0 Å². The predicted octanol–water partition coefficient (Wildman–Crippen LogP) is 4.86. The third kappa shape index (κ3) is 4.72. The van der Waals surface area contributed by atoms with Gasteiger partial charge in [0.05, 0.1) is 28.7 Å². The molecule has 0 saturated heterocycles. The van der Waals surface area contributed by atoms with Gasteiger partial charge in [0.1, 0.15) is 23.2 Å². The SMILES string of the molecule is CCOC(=O)C1=C(C)OC(N)=C(C#N)C1c1ccc(OC(=O)c2ccc(Cl)cc2Cl)cc1. The van der Waals surface area contributed by atoms with E-state index in [9.17, 15) is 14.9 Å². The van der Waals surface area contributed by atoms with Crippen LogP contribution in [0.1, 0.15) is 35.7 Å². The van der Waals surface area contributed by atoms with Gasteiger partial charge in [-0.15, -0.1) is 0 Å². The zero-order valence-corrected chi connectivity index (χ0v) is 18.7. The lowest BCUT2D eigenvalue weighted by atomic mass is 9.83. The van der Waals surface area contributed by atoms with E-state index in [2.05, 4.69) is 0 Å². The number of esters is 2. The fourth-order valence-corrected chi connectivity index (χ4v) is 3.72. The van der Waals surface area contributed by atoms with Crippen molar-refractivity contribution in [2.45, 2.75) is 19.8 Å². The molecule has 7 nitrogen and oxygen atoms in total. The second kappa shape index (κ2) is 9.77. The molecule has 164 valence electrons. The number of hydrogen-bond donors (Lipinski definition) is 1. The van der Waals surface area contributed by atoms with E-state index in [-0.39, 0.29) is 45.7 Å². The number of nitrogens with zero attached hydrogens (tertiary/aromatic N) is 1. The van der Waals surface area contributed by atoms with Crippen LogP contribution in [0.5, 0.6) is 5.75 Å². The zero-order chi connectivity index (χ0) is 23.4. The first-order valence-electron chi connectivity index (χ1n) is 9.49. The minimum absolute atomic E-state index is 0.0799. The van der Waals surface area contributed by atoms with Crippen molar-refractivity contribution in [1.82, 2.24) is 0 Å². The van der Waals surface area contributed by atoms with Crippen LogP contribution >= 0.6 is 23.2 Å². The number of allylic oxidation sites excluding steroid dienone is 2. The van der Waals surface area contributed by atoms with Crippen LogP contribution in [0.15, 0.2) is 65.3 Å². The standard InChI is InChI=1S/C23H18Cl2N2O5/c1-3-30-23(29)19-12(2)31-21(27)17(11-26)20(19)13-4-7-15(8-5-13)32-22(28)16-9-6-14(24)10-18(16)25/h4-10,20H,3,27H2,1-2H3. The highest BCUT2D eigenvalue weighted by atomic mass is 35.5. The van der Waals surface area contributed by atoms with Crippen LogP contribution in [-0.2, 0) is 14.3 Å². The molecule has 0 spiro atoms. The Hall–Kier alpha value is -3.47. The molecular weight excluding hydrogens is 455 g/mol. The molecule has 2 aromatic rings. The second-order valence-corrected chi connectivity index (χ2v) is 7.54. The number of hydrogen-bond acceptors (Lipinski definition) is 7. The number of carbonyl (C=O) groups is 2. The fraction of sp³-hybridized carbons (Fsp3) is 0.174. The Kier molecular flexibility index (Phi) is 7.08. The van der Waals surface area contributed by atoms with E-state index in [1.807, 2.05) is 6.07 Å². The topological polar surface area (TPSA) is 112 Å². The summed E-state index contributed by atoms with van der Waals surface area (Å²) in [7, 11) is 0. The molecule has 0 radical (unpaired) electrons. The summed E-state index contributed by atoms with van der Waals surface area (Å²) < 4.78 is 15.9. The molecule has 1 heterocycles. The lowest BCUT2D eigenvalue weighted by Crippen LogP contribution is -2.25. The van der Waals surface area contributed by atoms with Crippen LogP contribution in [0.25, 0.3) is 0 Å². The quantitative estimate of drug-likeness (QED) is 0.488. The Morgan fingerprint density at radius 2 is 1.84 bits per heavy atom. The Bertz CT molecular complexity index is 1180. The second-order valence-electron chi connectivity index (χ2n) is 6.70. The Morgan fingerprint density at radius 1 is 1.16 bits per heavy atom. The molecule has 1 unspecified atom stereocenters. The van der Waals surface area contributed by atoms with Crippen molar-refractivity contribution in [3.05, 3.63) is 86.4 Å². The summed E-state index contributed by atoms with van der Waals surface area (Å²) >= 11 is 11.9. The van der Waals surface area contributed by atoms with E-state index >= 15 is 0 Å². The third-order valence-electron chi connectivity index (χ3n) is 4.68. The maximum atomic E-state index is 12.6. The van der Waals surface area contributed by atoms with Crippen molar-refractivity contribution in [3.63, 3.8) is 0 Å². The van der Waals surface area contributed by atoms with Crippen LogP contribution in [0.4, 0.5) is 0 Å². The van der Waals surface area contributed by atoms with Gasteiger partial charge in [-0.25, -0.2) is 9.59 Å². The van der Waals surface area contributed by atoms with Crippen LogP contribution < -0.4 is 10.5 Å². The highest BCUT2D eigenvalue weighted by molar-refractivity contribution is 6.36. The van der Waals surface area contributed by atoms with E-state index in [1.54, 1.807) is 26.0 Å². The molecule has 1 aliphatic rings.